The first-order chi connectivity index (χ1) is 12.1. The molecule has 0 spiro atoms. The van der Waals surface area contributed by atoms with Gasteiger partial charge in [-0.2, -0.15) is 0 Å². The standard InChI is InChI=1S/C18H19N3O3S/c1-18-8-7-16(22)21(18)14(11-25-18)17(23)19-10-13-9-15(24-20-13)12-5-3-2-4-6-12/h2-6,9,14H,7-8,10-11H2,1H3,(H,19,23). The molecule has 1 aromatic carbocycles. The molecule has 0 aliphatic carbocycles. The van der Waals surface area contributed by atoms with Gasteiger partial charge in [-0.1, -0.05) is 35.5 Å². The van der Waals surface area contributed by atoms with Gasteiger partial charge in [0, 0.05) is 23.8 Å². The molecule has 1 N–H and O–H groups in total. The Hall–Kier alpha value is -2.28. The number of hydrogen-bond acceptors (Lipinski definition) is 5. The van der Waals surface area contributed by atoms with E-state index in [4.69, 9.17) is 4.52 Å². The van der Waals surface area contributed by atoms with Crippen LogP contribution in [0.2, 0.25) is 0 Å². The van der Waals surface area contributed by atoms with Crippen LogP contribution in [0.5, 0.6) is 0 Å². The first kappa shape index (κ1) is 16.2. The summed E-state index contributed by atoms with van der Waals surface area (Å²) in [5, 5.41) is 6.90. The Morgan fingerprint density at radius 3 is 3.04 bits per heavy atom. The van der Waals surface area contributed by atoms with Crippen molar-refractivity contribution in [1.29, 1.82) is 0 Å². The molecule has 2 fully saturated rings. The van der Waals surface area contributed by atoms with Gasteiger partial charge in [0.05, 0.1) is 11.4 Å². The smallest absolute Gasteiger partial charge is 0.244 e. The first-order valence-electron chi connectivity index (χ1n) is 8.32. The van der Waals surface area contributed by atoms with E-state index in [0.717, 1.165) is 12.0 Å². The SMILES string of the molecule is CC12CCC(=O)N1C(C(=O)NCc1cc(-c3ccccc3)on1)CS2. The van der Waals surface area contributed by atoms with Crippen LogP contribution in [0.15, 0.2) is 40.9 Å². The molecule has 2 unspecified atom stereocenters. The molecule has 2 amide bonds. The van der Waals surface area contributed by atoms with Gasteiger partial charge >= 0.3 is 0 Å². The Bertz CT molecular complexity index is 807. The van der Waals surface area contributed by atoms with Crippen LogP contribution in [-0.2, 0) is 16.1 Å². The fraction of sp³-hybridized carbons (Fsp3) is 0.389. The van der Waals surface area contributed by atoms with Crippen LogP contribution in [0.3, 0.4) is 0 Å². The zero-order valence-electron chi connectivity index (χ0n) is 13.9. The molecule has 3 heterocycles. The van der Waals surface area contributed by atoms with Crippen molar-refractivity contribution < 1.29 is 14.1 Å². The summed E-state index contributed by atoms with van der Waals surface area (Å²) in [6.45, 7) is 2.33. The van der Waals surface area contributed by atoms with Crippen LogP contribution in [0.25, 0.3) is 11.3 Å². The van der Waals surface area contributed by atoms with Crippen LogP contribution in [-0.4, -0.2) is 38.5 Å². The lowest BCUT2D eigenvalue weighted by Gasteiger charge is -2.29. The third-order valence-corrected chi connectivity index (χ3v) is 6.31. The third-order valence-electron chi connectivity index (χ3n) is 4.81. The molecule has 6 nitrogen and oxygen atoms in total. The van der Waals surface area contributed by atoms with Crippen LogP contribution < -0.4 is 5.32 Å². The van der Waals surface area contributed by atoms with Gasteiger partial charge in [-0.25, -0.2) is 0 Å². The van der Waals surface area contributed by atoms with Crippen molar-refractivity contribution in [3.8, 4) is 11.3 Å². The van der Waals surface area contributed by atoms with Crippen LogP contribution >= 0.6 is 11.8 Å². The predicted molar refractivity (Wildman–Crippen MR) is 94.5 cm³/mol. The zero-order valence-corrected chi connectivity index (χ0v) is 14.7. The lowest BCUT2D eigenvalue weighted by atomic mass is 10.1. The fourth-order valence-corrected chi connectivity index (χ4v) is 4.88. The van der Waals surface area contributed by atoms with E-state index in [1.165, 1.54) is 0 Å². The number of amides is 2. The van der Waals surface area contributed by atoms with E-state index in [9.17, 15) is 9.59 Å². The molecule has 0 bridgehead atoms. The molecule has 4 rings (SSSR count). The maximum atomic E-state index is 12.5. The van der Waals surface area contributed by atoms with Gasteiger partial charge in [-0.05, 0) is 13.3 Å². The van der Waals surface area contributed by atoms with Crippen LogP contribution in [0.1, 0.15) is 25.5 Å². The highest BCUT2D eigenvalue weighted by atomic mass is 32.2. The number of carbonyl (C=O) groups excluding carboxylic acids is 2. The second-order valence-electron chi connectivity index (χ2n) is 6.53. The second kappa shape index (κ2) is 6.22. The Morgan fingerprint density at radius 2 is 2.24 bits per heavy atom. The Morgan fingerprint density at radius 1 is 1.44 bits per heavy atom. The molecule has 2 atom stereocenters. The van der Waals surface area contributed by atoms with E-state index in [-0.39, 0.29) is 23.2 Å². The second-order valence-corrected chi connectivity index (χ2v) is 8.03. The van der Waals surface area contributed by atoms with Crippen molar-refractivity contribution in [3.05, 3.63) is 42.1 Å². The van der Waals surface area contributed by atoms with Crippen molar-refractivity contribution in [2.24, 2.45) is 0 Å². The highest BCUT2D eigenvalue weighted by molar-refractivity contribution is 8.01. The number of hydrogen-bond donors (Lipinski definition) is 1. The van der Waals surface area contributed by atoms with Gasteiger partial charge in [0.2, 0.25) is 11.8 Å². The first-order valence-corrected chi connectivity index (χ1v) is 9.30. The molecule has 2 saturated heterocycles. The van der Waals surface area contributed by atoms with Crippen LogP contribution in [0.4, 0.5) is 0 Å². The molecule has 0 saturated carbocycles. The summed E-state index contributed by atoms with van der Waals surface area (Å²) in [6.07, 6.45) is 1.33. The number of fused-ring (bicyclic) bond motifs is 1. The maximum absolute atomic E-state index is 12.5. The number of nitrogens with one attached hydrogen (secondary N) is 1. The molecule has 2 aliphatic heterocycles. The lowest BCUT2D eigenvalue weighted by molar-refractivity contribution is -0.138. The Labute approximate surface area is 149 Å². The molecule has 130 valence electrons. The minimum absolute atomic E-state index is 0.0699. The van der Waals surface area contributed by atoms with Gasteiger partial charge < -0.3 is 14.7 Å². The minimum Gasteiger partial charge on any atom is -0.356 e. The average Bonchev–Trinajstić information content (AvgIpc) is 3.30. The average molecular weight is 357 g/mol. The largest absolute Gasteiger partial charge is 0.356 e. The number of rotatable bonds is 4. The summed E-state index contributed by atoms with van der Waals surface area (Å²) in [7, 11) is 0. The monoisotopic (exact) mass is 357 g/mol. The van der Waals surface area contributed by atoms with Crippen molar-refractivity contribution >= 4 is 23.6 Å². The Kier molecular flexibility index (Phi) is 4.03. The number of benzene rings is 1. The summed E-state index contributed by atoms with van der Waals surface area (Å²) in [5.74, 6) is 1.25. The van der Waals surface area contributed by atoms with Gasteiger partial charge in [0.25, 0.3) is 0 Å². The topological polar surface area (TPSA) is 75.4 Å². The fourth-order valence-electron chi connectivity index (χ4n) is 3.44. The van der Waals surface area contributed by atoms with E-state index in [1.807, 2.05) is 43.3 Å². The van der Waals surface area contributed by atoms with Crippen molar-refractivity contribution in [2.45, 2.75) is 37.2 Å². The maximum Gasteiger partial charge on any atom is 0.244 e. The summed E-state index contributed by atoms with van der Waals surface area (Å²) in [5.41, 5.74) is 1.60. The summed E-state index contributed by atoms with van der Waals surface area (Å²) in [4.78, 5) is 26.2. The summed E-state index contributed by atoms with van der Waals surface area (Å²) < 4.78 is 5.34. The van der Waals surface area contributed by atoms with Crippen molar-refractivity contribution in [2.75, 3.05) is 5.75 Å². The molecule has 7 heteroatoms. The van der Waals surface area contributed by atoms with E-state index >= 15 is 0 Å². The molecule has 25 heavy (non-hydrogen) atoms. The number of carbonyl (C=O) groups is 2. The molecular weight excluding hydrogens is 338 g/mol. The summed E-state index contributed by atoms with van der Waals surface area (Å²) in [6, 6.07) is 11.1. The number of aromatic nitrogens is 1. The Balaban J connectivity index is 1.40. The van der Waals surface area contributed by atoms with Gasteiger partial charge in [0.15, 0.2) is 5.76 Å². The lowest BCUT2D eigenvalue weighted by Crippen LogP contribution is -2.49. The minimum atomic E-state index is -0.398. The van der Waals surface area contributed by atoms with Gasteiger partial charge in [0.1, 0.15) is 11.7 Å². The van der Waals surface area contributed by atoms with Gasteiger partial charge in [-0.15, -0.1) is 11.8 Å². The summed E-state index contributed by atoms with van der Waals surface area (Å²) >= 11 is 1.69. The highest BCUT2D eigenvalue weighted by Crippen LogP contribution is 2.47. The van der Waals surface area contributed by atoms with Crippen molar-refractivity contribution in [3.63, 3.8) is 0 Å². The van der Waals surface area contributed by atoms with E-state index in [1.54, 1.807) is 16.7 Å². The molecular formula is C18H19N3O3S. The van der Waals surface area contributed by atoms with Crippen molar-refractivity contribution in [1.82, 2.24) is 15.4 Å². The quantitative estimate of drug-likeness (QED) is 0.909. The van der Waals surface area contributed by atoms with E-state index in [2.05, 4.69) is 10.5 Å². The number of nitrogens with zero attached hydrogens (tertiary/aromatic N) is 2. The molecule has 1 aromatic heterocycles. The predicted octanol–water partition coefficient (Wildman–Crippen LogP) is 2.41. The molecule has 2 aromatic rings. The van der Waals surface area contributed by atoms with E-state index in [0.29, 0.717) is 23.6 Å². The normalized spacial score (nSPS) is 25.2. The number of thioether (sulfide) groups is 1. The van der Waals surface area contributed by atoms with Crippen LogP contribution in [0, 0.1) is 0 Å². The van der Waals surface area contributed by atoms with E-state index < -0.39 is 6.04 Å². The highest BCUT2D eigenvalue weighted by Gasteiger charge is 2.52. The zero-order chi connectivity index (χ0) is 17.4. The molecule has 0 radical (unpaired) electrons. The molecule has 2 aliphatic rings. The van der Waals surface area contributed by atoms with Gasteiger partial charge in [-0.3, -0.25) is 9.59 Å². The third kappa shape index (κ3) is 2.93.